The number of amides is 2. The van der Waals surface area contributed by atoms with Crippen molar-refractivity contribution in [1.82, 2.24) is 5.32 Å². The minimum absolute atomic E-state index is 0.128. The van der Waals surface area contributed by atoms with E-state index in [0.717, 1.165) is 12.0 Å². The third-order valence-electron chi connectivity index (χ3n) is 2.37. The molecule has 0 spiro atoms. The van der Waals surface area contributed by atoms with Crippen molar-refractivity contribution < 1.29 is 9.90 Å². The number of nitrogens with one attached hydrogen (secondary N) is 2. The normalized spacial score (nSPS) is 10.2. The Kier molecular flexibility index (Phi) is 6.25. The van der Waals surface area contributed by atoms with Gasteiger partial charge >= 0.3 is 6.03 Å². The first-order valence-electron chi connectivity index (χ1n) is 5.66. The standard InChI is InChI=1S/C12H16Cl2N2O2/c1-8-6-10(14)11(7-9(8)13)16-12(18)15-4-2-3-5-17/h6-7,17H,2-5H2,1H3,(H2,15,16,18). The second-order valence-corrected chi connectivity index (χ2v) is 4.71. The molecule has 1 aromatic carbocycles. The first kappa shape index (κ1) is 15.1. The molecule has 0 unspecified atom stereocenters. The van der Waals surface area contributed by atoms with E-state index in [9.17, 15) is 4.79 Å². The van der Waals surface area contributed by atoms with Gasteiger partial charge in [0.05, 0.1) is 10.7 Å². The van der Waals surface area contributed by atoms with E-state index in [0.29, 0.717) is 28.7 Å². The lowest BCUT2D eigenvalue weighted by molar-refractivity contribution is 0.250. The van der Waals surface area contributed by atoms with Crippen LogP contribution in [0.25, 0.3) is 0 Å². The Balaban J connectivity index is 2.51. The van der Waals surface area contributed by atoms with Gasteiger partial charge in [-0.2, -0.15) is 0 Å². The van der Waals surface area contributed by atoms with E-state index in [1.165, 1.54) is 0 Å². The summed E-state index contributed by atoms with van der Waals surface area (Å²) in [5.74, 6) is 0. The Bertz CT molecular complexity index is 425. The minimum atomic E-state index is -0.338. The van der Waals surface area contributed by atoms with Gasteiger partial charge in [-0.05, 0) is 37.5 Å². The quantitative estimate of drug-likeness (QED) is 0.730. The maximum absolute atomic E-state index is 11.5. The summed E-state index contributed by atoms with van der Waals surface area (Å²) in [7, 11) is 0. The highest BCUT2D eigenvalue weighted by molar-refractivity contribution is 6.36. The predicted octanol–water partition coefficient (Wildman–Crippen LogP) is 3.20. The molecule has 0 fully saturated rings. The van der Waals surface area contributed by atoms with Crippen LogP contribution in [0.1, 0.15) is 18.4 Å². The van der Waals surface area contributed by atoms with Gasteiger partial charge in [0.1, 0.15) is 0 Å². The second-order valence-electron chi connectivity index (χ2n) is 3.89. The summed E-state index contributed by atoms with van der Waals surface area (Å²) < 4.78 is 0. The van der Waals surface area contributed by atoms with Crippen LogP contribution >= 0.6 is 23.2 Å². The van der Waals surface area contributed by atoms with Crippen molar-refractivity contribution in [2.75, 3.05) is 18.5 Å². The van der Waals surface area contributed by atoms with Crippen molar-refractivity contribution in [2.45, 2.75) is 19.8 Å². The number of urea groups is 1. The minimum Gasteiger partial charge on any atom is -0.396 e. The molecule has 0 aliphatic heterocycles. The van der Waals surface area contributed by atoms with E-state index >= 15 is 0 Å². The van der Waals surface area contributed by atoms with Gasteiger partial charge in [-0.3, -0.25) is 0 Å². The summed E-state index contributed by atoms with van der Waals surface area (Å²) in [4.78, 5) is 11.5. The molecule has 0 aromatic heterocycles. The Morgan fingerprint density at radius 3 is 2.67 bits per heavy atom. The van der Waals surface area contributed by atoms with Crippen LogP contribution in [0.3, 0.4) is 0 Å². The molecule has 0 aliphatic carbocycles. The average Bonchev–Trinajstić information content (AvgIpc) is 2.32. The van der Waals surface area contributed by atoms with E-state index in [-0.39, 0.29) is 12.6 Å². The molecule has 2 amide bonds. The van der Waals surface area contributed by atoms with Crippen LogP contribution in [0.2, 0.25) is 10.0 Å². The van der Waals surface area contributed by atoms with Crippen molar-refractivity contribution in [2.24, 2.45) is 0 Å². The van der Waals surface area contributed by atoms with Gasteiger partial charge in [-0.1, -0.05) is 23.2 Å². The van der Waals surface area contributed by atoms with Crippen LogP contribution in [0.4, 0.5) is 10.5 Å². The summed E-state index contributed by atoms with van der Waals surface area (Å²) in [5.41, 5.74) is 1.34. The number of anilines is 1. The maximum atomic E-state index is 11.5. The van der Waals surface area contributed by atoms with E-state index < -0.39 is 0 Å². The average molecular weight is 291 g/mol. The van der Waals surface area contributed by atoms with Crippen molar-refractivity contribution in [1.29, 1.82) is 0 Å². The summed E-state index contributed by atoms with van der Waals surface area (Å²) in [6.45, 7) is 2.47. The summed E-state index contributed by atoms with van der Waals surface area (Å²) in [5, 5.41) is 14.9. The van der Waals surface area contributed by atoms with Crippen LogP contribution < -0.4 is 10.6 Å². The van der Waals surface area contributed by atoms with Crippen LogP contribution in [0, 0.1) is 6.92 Å². The maximum Gasteiger partial charge on any atom is 0.319 e. The smallest absolute Gasteiger partial charge is 0.319 e. The molecule has 4 nitrogen and oxygen atoms in total. The molecular weight excluding hydrogens is 275 g/mol. The summed E-state index contributed by atoms with van der Waals surface area (Å²) >= 11 is 12.0. The molecule has 6 heteroatoms. The number of unbranched alkanes of at least 4 members (excludes halogenated alkanes) is 1. The van der Waals surface area contributed by atoms with Crippen LogP contribution in [0.15, 0.2) is 12.1 Å². The second kappa shape index (κ2) is 7.46. The van der Waals surface area contributed by atoms with Gasteiger partial charge in [0.2, 0.25) is 0 Å². The molecule has 0 heterocycles. The number of benzene rings is 1. The van der Waals surface area contributed by atoms with Crippen molar-refractivity contribution >= 4 is 34.9 Å². The van der Waals surface area contributed by atoms with E-state index in [1.54, 1.807) is 12.1 Å². The Morgan fingerprint density at radius 1 is 1.28 bits per heavy atom. The van der Waals surface area contributed by atoms with Crippen molar-refractivity contribution in [3.8, 4) is 0 Å². The number of aryl methyl sites for hydroxylation is 1. The third-order valence-corrected chi connectivity index (χ3v) is 3.09. The number of aliphatic hydroxyl groups is 1. The largest absolute Gasteiger partial charge is 0.396 e. The molecule has 1 aromatic rings. The van der Waals surface area contributed by atoms with Crippen molar-refractivity contribution in [3.05, 3.63) is 27.7 Å². The van der Waals surface area contributed by atoms with E-state index in [1.807, 2.05) is 6.92 Å². The Hall–Kier alpha value is -0.970. The molecule has 0 atom stereocenters. The highest BCUT2D eigenvalue weighted by atomic mass is 35.5. The van der Waals surface area contributed by atoms with Gasteiger partial charge in [0.25, 0.3) is 0 Å². The topological polar surface area (TPSA) is 61.4 Å². The highest BCUT2D eigenvalue weighted by Gasteiger charge is 2.07. The monoisotopic (exact) mass is 290 g/mol. The number of carbonyl (C=O) groups is 1. The summed E-state index contributed by atoms with van der Waals surface area (Å²) in [6, 6.07) is 2.98. The number of halogens is 2. The Labute approximate surface area is 116 Å². The molecule has 100 valence electrons. The SMILES string of the molecule is Cc1cc(Cl)c(NC(=O)NCCCCO)cc1Cl. The predicted molar refractivity (Wildman–Crippen MR) is 74.5 cm³/mol. The van der Waals surface area contributed by atoms with Crippen LogP contribution in [-0.2, 0) is 0 Å². The fraction of sp³-hybridized carbons (Fsp3) is 0.417. The lowest BCUT2D eigenvalue weighted by atomic mass is 10.2. The fourth-order valence-corrected chi connectivity index (χ4v) is 1.78. The molecule has 0 radical (unpaired) electrons. The highest BCUT2D eigenvalue weighted by Crippen LogP contribution is 2.28. The zero-order chi connectivity index (χ0) is 13.5. The van der Waals surface area contributed by atoms with Gasteiger partial charge in [0, 0.05) is 18.2 Å². The number of hydrogen-bond acceptors (Lipinski definition) is 2. The fourth-order valence-electron chi connectivity index (χ4n) is 1.35. The van der Waals surface area contributed by atoms with Gasteiger partial charge in [-0.15, -0.1) is 0 Å². The molecule has 0 bridgehead atoms. The zero-order valence-corrected chi connectivity index (χ0v) is 11.6. The molecule has 0 aliphatic rings. The number of carbonyl (C=O) groups excluding carboxylic acids is 1. The van der Waals surface area contributed by atoms with Crippen LogP contribution in [0.5, 0.6) is 0 Å². The molecule has 3 N–H and O–H groups in total. The molecular formula is C12H16Cl2N2O2. The first-order chi connectivity index (χ1) is 8.54. The van der Waals surface area contributed by atoms with Gasteiger partial charge in [-0.25, -0.2) is 4.79 Å². The summed E-state index contributed by atoms with van der Waals surface area (Å²) in [6.07, 6.45) is 1.39. The molecule has 0 saturated heterocycles. The molecule has 0 saturated carbocycles. The number of aliphatic hydroxyl groups excluding tert-OH is 1. The van der Waals surface area contributed by atoms with Crippen molar-refractivity contribution in [3.63, 3.8) is 0 Å². The van der Waals surface area contributed by atoms with Gasteiger partial charge in [0.15, 0.2) is 0 Å². The first-order valence-corrected chi connectivity index (χ1v) is 6.41. The lowest BCUT2D eigenvalue weighted by Crippen LogP contribution is -2.29. The molecule has 18 heavy (non-hydrogen) atoms. The number of hydrogen-bond donors (Lipinski definition) is 3. The van der Waals surface area contributed by atoms with E-state index in [2.05, 4.69) is 10.6 Å². The van der Waals surface area contributed by atoms with E-state index in [4.69, 9.17) is 28.3 Å². The Morgan fingerprint density at radius 2 is 2.00 bits per heavy atom. The van der Waals surface area contributed by atoms with Gasteiger partial charge < -0.3 is 15.7 Å². The zero-order valence-electron chi connectivity index (χ0n) is 10.1. The third kappa shape index (κ3) is 4.72. The number of rotatable bonds is 5. The van der Waals surface area contributed by atoms with Crippen LogP contribution in [-0.4, -0.2) is 24.3 Å². The lowest BCUT2D eigenvalue weighted by Gasteiger charge is -2.10. The molecule has 1 rings (SSSR count).